The van der Waals surface area contributed by atoms with Crippen LogP contribution in [0.4, 0.5) is 0 Å². The first-order chi connectivity index (χ1) is 9.65. The molecular formula is C15H20N2O3. The highest BCUT2D eigenvalue weighted by Crippen LogP contribution is 2.38. The second-order valence-corrected chi connectivity index (χ2v) is 5.44. The maximum Gasteiger partial charge on any atom is 0.219 e. The quantitative estimate of drug-likeness (QED) is 0.842. The second kappa shape index (κ2) is 5.32. The summed E-state index contributed by atoms with van der Waals surface area (Å²) in [6.45, 7) is 5.71. The van der Waals surface area contributed by atoms with Gasteiger partial charge in [-0.2, -0.15) is 0 Å². The zero-order chi connectivity index (χ0) is 14.1. The zero-order valence-corrected chi connectivity index (χ0v) is 11.7. The molecule has 2 heterocycles. The third kappa shape index (κ3) is 2.45. The highest BCUT2D eigenvalue weighted by Gasteiger charge is 2.31. The van der Waals surface area contributed by atoms with Gasteiger partial charge >= 0.3 is 0 Å². The van der Waals surface area contributed by atoms with E-state index in [4.69, 9.17) is 4.74 Å². The molecule has 1 atom stereocenters. The fourth-order valence-electron chi connectivity index (χ4n) is 3.05. The van der Waals surface area contributed by atoms with Crippen molar-refractivity contribution in [3.8, 4) is 11.5 Å². The molecule has 0 saturated carbocycles. The van der Waals surface area contributed by atoms with Crippen molar-refractivity contribution in [2.24, 2.45) is 0 Å². The number of hydrogen-bond donors (Lipinski definition) is 1. The normalized spacial score (nSPS) is 23.1. The van der Waals surface area contributed by atoms with Crippen LogP contribution in [0.2, 0.25) is 0 Å². The van der Waals surface area contributed by atoms with Gasteiger partial charge in [-0.25, -0.2) is 0 Å². The number of amides is 1. The predicted molar refractivity (Wildman–Crippen MR) is 74.8 cm³/mol. The van der Waals surface area contributed by atoms with Gasteiger partial charge in [0.15, 0.2) is 0 Å². The van der Waals surface area contributed by atoms with Gasteiger partial charge in [0, 0.05) is 44.7 Å². The Bertz CT molecular complexity index is 518. The molecule has 1 saturated heterocycles. The summed E-state index contributed by atoms with van der Waals surface area (Å²) in [4.78, 5) is 15.8. The van der Waals surface area contributed by atoms with Gasteiger partial charge < -0.3 is 14.7 Å². The lowest BCUT2D eigenvalue weighted by Crippen LogP contribution is -2.35. The van der Waals surface area contributed by atoms with Crippen LogP contribution in [-0.2, 0) is 4.79 Å². The highest BCUT2D eigenvalue weighted by molar-refractivity contribution is 5.73. The maximum absolute atomic E-state index is 11.5. The molecule has 1 amide bonds. The van der Waals surface area contributed by atoms with Crippen LogP contribution in [0.3, 0.4) is 0 Å². The van der Waals surface area contributed by atoms with E-state index in [9.17, 15) is 9.90 Å². The summed E-state index contributed by atoms with van der Waals surface area (Å²) in [6, 6.07) is 5.56. The average molecular weight is 276 g/mol. The lowest BCUT2D eigenvalue weighted by atomic mass is 10.1. The fourth-order valence-corrected chi connectivity index (χ4v) is 3.05. The van der Waals surface area contributed by atoms with Crippen molar-refractivity contribution in [1.29, 1.82) is 0 Å². The SMILES string of the molecule is CC(=O)N1CCCN(C2COc3cc(O)ccc32)CC1. The molecule has 0 bridgehead atoms. The predicted octanol–water partition coefficient (Wildman–Crippen LogP) is 1.38. The molecule has 0 aromatic heterocycles. The number of carbonyl (C=O) groups is 1. The van der Waals surface area contributed by atoms with E-state index in [1.54, 1.807) is 19.1 Å². The summed E-state index contributed by atoms with van der Waals surface area (Å²) in [5, 5.41) is 9.50. The minimum absolute atomic E-state index is 0.153. The van der Waals surface area contributed by atoms with Crippen LogP contribution in [0, 0.1) is 0 Å². The minimum Gasteiger partial charge on any atom is -0.508 e. The van der Waals surface area contributed by atoms with Gasteiger partial charge in [-0.15, -0.1) is 0 Å². The first-order valence-electron chi connectivity index (χ1n) is 7.10. The van der Waals surface area contributed by atoms with Gasteiger partial charge in [0.2, 0.25) is 5.91 Å². The zero-order valence-electron chi connectivity index (χ0n) is 11.7. The number of phenolic OH excluding ortho intramolecular Hbond substituents is 1. The standard InChI is InChI=1S/C15H20N2O3/c1-11(18)16-5-2-6-17(8-7-16)14-10-20-15-9-12(19)3-4-13(14)15/h3-4,9,14,19H,2,5-8,10H2,1H3. The Balaban J connectivity index is 1.74. The van der Waals surface area contributed by atoms with Gasteiger partial charge in [-0.1, -0.05) is 0 Å². The highest BCUT2D eigenvalue weighted by atomic mass is 16.5. The van der Waals surface area contributed by atoms with Crippen LogP contribution in [0.1, 0.15) is 24.9 Å². The third-order valence-electron chi connectivity index (χ3n) is 4.17. The maximum atomic E-state index is 11.5. The van der Waals surface area contributed by atoms with Crippen LogP contribution in [0.25, 0.3) is 0 Å². The molecule has 2 aliphatic rings. The first kappa shape index (κ1) is 13.2. The Kier molecular flexibility index (Phi) is 3.53. The van der Waals surface area contributed by atoms with E-state index in [1.807, 2.05) is 11.0 Å². The van der Waals surface area contributed by atoms with Crippen molar-refractivity contribution >= 4 is 5.91 Å². The lowest BCUT2D eigenvalue weighted by molar-refractivity contribution is -0.128. The smallest absolute Gasteiger partial charge is 0.219 e. The topological polar surface area (TPSA) is 53.0 Å². The van der Waals surface area contributed by atoms with Gasteiger partial charge in [-0.05, 0) is 18.6 Å². The summed E-state index contributed by atoms with van der Waals surface area (Å²) >= 11 is 0. The first-order valence-corrected chi connectivity index (χ1v) is 7.10. The molecule has 5 nitrogen and oxygen atoms in total. The van der Waals surface area contributed by atoms with E-state index < -0.39 is 0 Å². The Morgan fingerprint density at radius 1 is 1.30 bits per heavy atom. The van der Waals surface area contributed by atoms with Crippen LogP contribution in [0.15, 0.2) is 18.2 Å². The van der Waals surface area contributed by atoms with E-state index in [0.717, 1.165) is 43.9 Å². The number of carbonyl (C=O) groups excluding carboxylic acids is 1. The van der Waals surface area contributed by atoms with Gasteiger partial charge in [0.25, 0.3) is 0 Å². The summed E-state index contributed by atoms with van der Waals surface area (Å²) in [7, 11) is 0. The van der Waals surface area contributed by atoms with Crippen LogP contribution >= 0.6 is 0 Å². The molecular weight excluding hydrogens is 256 g/mol. The summed E-state index contributed by atoms with van der Waals surface area (Å²) in [5.74, 6) is 1.17. The molecule has 0 aliphatic carbocycles. The monoisotopic (exact) mass is 276 g/mol. The fraction of sp³-hybridized carbons (Fsp3) is 0.533. The largest absolute Gasteiger partial charge is 0.508 e. The Morgan fingerprint density at radius 3 is 2.95 bits per heavy atom. The molecule has 5 heteroatoms. The molecule has 1 unspecified atom stereocenters. The molecule has 0 spiro atoms. The van der Waals surface area contributed by atoms with E-state index in [-0.39, 0.29) is 17.7 Å². The van der Waals surface area contributed by atoms with E-state index >= 15 is 0 Å². The molecule has 1 N–H and O–H groups in total. The Labute approximate surface area is 118 Å². The van der Waals surface area contributed by atoms with Crippen molar-refractivity contribution in [3.63, 3.8) is 0 Å². The van der Waals surface area contributed by atoms with Crippen LogP contribution in [0.5, 0.6) is 11.5 Å². The lowest BCUT2D eigenvalue weighted by Gasteiger charge is -2.26. The second-order valence-electron chi connectivity index (χ2n) is 5.44. The Hall–Kier alpha value is -1.75. The number of phenols is 1. The number of nitrogens with zero attached hydrogens (tertiary/aromatic N) is 2. The van der Waals surface area contributed by atoms with Crippen molar-refractivity contribution in [2.45, 2.75) is 19.4 Å². The number of rotatable bonds is 1. The van der Waals surface area contributed by atoms with Gasteiger partial charge in [-0.3, -0.25) is 9.69 Å². The van der Waals surface area contributed by atoms with E-state index in [1.165, 1.54) is 0 Å². The minimum atomic E-state index is 0.153. The molecule has 108 valence electrons. The average Bonchev–Trinajstić information content (AvgIpc) is 2.67. The van der Waals surface area contributed by atoms with Crippen molar-refractivity contribution in [3.05, 3.63) is 23.8 Å². The number of ether oxygens (including phenoxy) is 1. The summed E-state index contributed by atoms with van der Waals surface area (Å²) in [6.07, 6.45) is 0.990. The summed E-state index contributed by atoms with van der Waals surface area (Å²) < 4.78 is 5.68. The molecule has 1 aromatic rings. The van der Waals surface area contributed by atoms with Crippen LogP contribution < -0.4 is 4.74 Å². The van der Waals surface area contributed by atoms with Crippen molar-refractivity contribution in [2.75, 3.05) is 32.8 Å². The number of benzene rings is 1. The van der Waals surface area contributed by atoms with Gasteiger partial charge in [0.05, 0.1) is 6.04 Å². The number of aromatic hydroxyl groups is 1. The Morgan fingerprint density at radius 2 is 2.15 bits per heavy atom. The molecule has 2 aliphatic heterocycles. The number of hydrogen-bond acceptors (Lipinski definition) is 4. The van der Waals surface area contributed by atoms with Crippen molar-refractivity contribution in [1.82, 2.24) is 9.80 Å². The molecule has 20 heavy (non-hydrogen) atoms. The summed E-state index contributed by atoms with van der Waals surface area (Å²) in [5.41, 5.74) is 1.14. The van der Waals surface area contributed by atoms with Crippen molar-refractivity contribution < 1.29 is 14.6 Å². The molecule has 0 radical (unpaired) electrons. The number of fused-ring (bicyclic) bond motifs is 1. The molecule has 3 rings (SSSR count). The molecule has 1 fully saturated rings. The molecule has 1 aromatic carbocycles. The van der Waals surface area contributed by atoms with Gasteiger partial charge in [0.1, 0.15) is 18.1 Å². The third-order valence-corrected chi connectivity index (χ3v) is 4.17. The van der Waals surface area contributed by atoms with E-state index in [0.29, 0.717) is 6.61 Å². The van der Waals surface area contributed by atoms with Crippen LogP contribution in [-0.4, -0.2) is 53.6 Å². The van der Waals surface area contributed by atoms with E-state index in [2.05, 4.69) is 4.90 Å².